The molecule has 3 aromatic rings. The average Bonchev–Trinajstić information content (AvgIpc) is 3.34. The number of fused-ring (bicyclic) bond motifs is 1. The van der Waals surface area contributed by atoms with E-state index in [0.29, 0.717) is 12.5 Å². The van der Waals surface area contributed by atoms with Crippen LogP contribution in [-0.2, 0) is 32.1 Å². The van der Waals surface area contributed by atoms with Crippen LogP contribution in [0.4, 0.5) is 0 Å². The van der Waals surface area contributed by atoms with E-state index in [-0.39, 0.29) is 0 Å². The molecule has 3 heteroatoms. The highest BCUT2D eigenvalue weighted by Gasteiger charge is 2.14. The van der Waals surface area contributed by atoms with E-state index in [4.69, 9.17) is 14.1 Å². The molecule has 0 N–H and O–H groups in total. The van der Waals surface area contributed by atoms with Crippen molar-refractivity contribution in [2.45, 2.75) is 52.4 Å². The van der Waals surface area contributed by atoms with Gasteiger partial charge in [0, 0.05) is 18.4 Å². The standard InChI is InChI=1S/C24H27NO2/c1-3-17-8-10-19(11-9-17)24-25-22(23(4-2)27-24)14-15-26-21-13-12-18-6-5-7-20(18)16-21/h8-13,16H,3-7,14-15H2,1-2H3. The Hall–Kier alpha value is -2.55. The Bertz CT molecular complexity index is 909. The van der Waals surface area contributed by atoms with Gasteiger partial charge in [0.15, 0.2) is 0 Å². The minimum Gasteiger partial charge on any atom is -0.493 e. The van der Waals surface area contributed by atoms with Gasteiger partial charge in [-0.05, 0) is 66.6 Å². The first kappa shape index (κ1) is 17.8. The molecule has 0 amide bonds. The number of aryl methyl sites for hydroxylation is 4. The normalized spacial score (nSPS) is 13.0. The summed E-state index contributed by atoms with van der Waals surface area (Å²) in [6.45, 7) is 4.89. The van der Waals surface area contributed by atoms with E-state index in [9.17, 15) is 0 Å². The summed E-state index contributed by atoms with van der Waals surface area (Å²) in [4.78, 5) is 4.75. The molecule has 0 spiro atoms. The third kappa shape index (κ3) is 3.92. The zero-order valence-electron chi connectivity index (χ0n) is 16.3. The summed E-state index contributed by atoms with van der Waals surface area (Å²) in [6, 6.07) is 15.0. The van der Waals surface area contributed by atoms with Crippen LogP contribution in [0.5, 0.6) is 5.75 Å². The zero-order valence-corrected chi connectivity index (χ0v) is 16.3. The van der Waals surface area contributed by atoms with Crippen LogP contribution in [0.1, 0.15) is 48.4 Å². The molecule has 0 unspecified atom stereocenters. The fraction of sp³-hybridized carbons (Fsp3) is 0.375. The maximum Gasteiger partial charge on any atom is 0.226 e. The van der Waals surface area contributed by atoms with Gasteiger partial charge in [-0.1, -0.05) is 32.0 Å². The van der Waals surface area contributed by atoms with Crippen molar-refractivity contribution < 1.29 is 9.15 Å². The van der Waals surface area contributed by atoms with Crippen molar-refractivity contribution in [3.8, 4) is 17.2 Å². The van der Waals surface area contributed by atoms with Crippen molar-refractivity contribution in [3.63, 3.8) is 0 Å². The Morgan fingerprint density at radius 1 is 0.963 bits per heavy atom. The van der Waals surface area contributed by atoms with E-state index in [2.05, 4.69) is 56.3 Å². The predicted octanol–water partition coefficient (Wildman–Crippen LogP) is 5.58. The summed E-state index contributed by atoms with van der Waals surface area (Å²) in [6.07, 6.45) is 6.29. The van der Waals surface area contributed by atoms with Crippen LogP contribution < -0.4 is 4.74 Å². The number of hydrogen-bond acceptors (Lipinski definition) is 3. The molecule has 1 heterocycles. The third-order valence-electron chi connectivity index (χ3n) is 5.39. The minimum absolute atomic E-state index is 0.618. The van der Waals surface area contributed by atoms with Crippen molar-refractivity contribution in [1.29, 1.82) is 0 Å². The Balaban J connectivity index is 1.43. The summed E-state index contributed by atoms with van der Waals surface area (Å²) >= 11 is 0. The summed E-state index contributed by atoms with van der Waals surface area (Å²) in [5, 5.41) is 0. The lowest BCUT2D eigenvalue weighted by molar-refractivity contribution is 0.319. The Labute approximate surface area is 161 Å². The Kier molecular flexibility index (Phi) is 5.28. The quantitative estimate of drug-likeness (QED) is 0.551. The van der Waals surface area contributed by atoms with Gasteiger partial charge < -0.3 is 9.15 Å². The van der Waals surface area contributed by atoms with Crippen LogP contribution in [0.3, 0.4) is 0 Å². The van der Waals surface area contributed by atoms with Crippen LogP contribution in [-0.4, -0.2) is 11.6 Å². The third-order valence-corrected chi connectivity index (χ3v) is 5.39. The fourth-order valence-corrected chi connectivity index (χ4v) is 3.76. The van der Waals surface area contributed by atoms with E-state index >= 15 is 0 Å². The Morgan fingerprint density at radius 2 is 1.78 bits per heavy atom. The van der Waals surface area contributed by atoms with Crippen molar-refractivity contribution in [1.82, 2.24) is 4.98 Å². The van der Waals surface area contributed by atoms with Crippen LogP contribution in [0.2, 0.25) is 0 Å². The second kappa shape index (κ2) is 7.99. The number of rotatable bonds is 7. The predicted molar refractivity (Wildman–Crippen MR) is 108 cm³/mol. The molecule has 140 valence electrons. The minimum atomic E-state index is 0.618. The molecule has 0 saturated carbocycles. The average molecular weight is 361 g/mol. The van der Waals surface area contributed by atoms with Crippen molar-refractivity contribution in [2.75, 3.05) is 6.61 Å². The lowest BCUT2D eigenvalue weighted by Crippen LogP contribution is -2.04. The van der Waals surface area contributed by atoms with E-state index < -0.39 is 0 Å². The van der Waals surface area contributed by atoms with Gasteiger partial charge >= 0.3 is 0 Å². The summed E-state index contributed by atoms with van der Waals surface area (Å²) < 4.78 is 12.0. The van der Waals surface area contributed by atoms with Crippen molar-refractivity contribution in [2.24, 2.45) is 0 Å². The molecule has 0 bridgehead atoms. The fourth-order valence-electron chi connectivity index (χ4n) is 3.76. The molecule has 1 aromatic heterocycles. The lowest BCUT2D eigenvalue weighted by atomic mass is 10.1. The number of nitrogens with zero attached hydrogens (tertiary/aromatic N) is 1. The molecule has 4 rings (SSSR count). The number of oxazole rings is 1. The van der Waals surface area contributed by atoms with Gasteiger partial charge in [-0.3, -0.25) is 0 Å². The summed E-state index contributed by atoms with van der Waals surface area (Å²) in [5.41, 5.74) is 6.29. The monoisotopic (exact) mass is 361 g/mol. The SMILES string of the molecule is CCc1ccc(-c2nc(CCOc3ccc4c(c3)CCC4)c(CC)o2)cc1. The van der Waals surface area contributed by atoms with E-state index in [1.165, 1.54) is 36.0 Å². The first-order valence-corrected chi connectivity index (χ1v) is 10.1. The number of benzene rings is 2. The first-order valence-electron chi connectivity index (χ1n) is 10.1. The van der Waals surface area contributed by atoms with Gasteiger partial charge in [-0.15, -0.1) is 0 Å². The van der Waals surface area contributed by atoms with Gasteiger partial charge in [0.2, 0.25) is 5.89 Å². The lowest BCUT2D eigenvalue weighted by Gasteiger charge is -2.07. The molecule has 3 nitrogen and oxygen atoms in total. The molecule has 1 aliphatic carbocycles. The van der Waals surface area contributed by atoms with Gasteiger partial charge in [0.05, 0.1) is 12.3 Å². The highest BCUT2D eigenvalue weighted by Crippen LogP contribution is 2.27. The van der Waals surface area contributed by atoms with Gasteiger partial charge in [0.1, 0.15) is 11.5 Å². The highest BCUT2D eigenvalue weighted by molar-refractivity contribution is 5.54. The smallest absolute Gasteiger partial charge is 0.226 e. The van der Waals surface area contributed by atoms with Gasteiger partial charge in [0.25, 0.3) is 0 Å². The van der Waals surface area contributed by atoms with E-state index in [1.54, 1.807) is 0 Å². The van der Waals surface area contributed by atoms with Gasteiger partial charge in [-0.25, -0.2) is 4.98 Å². The summed E-state index contributed by atoms with van der Waals surface area (Å²) in [5.74, 6) is 2.64. The van der Waals surface area contributed by atoms with Crippen LogP contribution >= 0.6 is 0 Å². The molecular formula is C24H27NO2. The second-order valence-electron chi connectivity index (χ2n) is 7.18. The van der Waals surface area contributed by atoms with Crippen LogP contribution in [0, 0.1) is 0 Å². The maximum atomic E-state index is 6.02. The largest absolute Gasteiger partial charge is 0.493 e. The highest BCUT2D eigenvalue weighted by atomic mass is 16.5. The van der Waals surface area contributed by atoms with Gasteiger partial charge in [-0.2, -0.15) is 0 Å². The zero-order chi connectivity index (χ0) is 18.6. The molecule has 0 aliphatic heterocycles. The molecule has 0 saturated heterocycles. The van der Waals surface area contributed by atoms with Crippen LogP contribution in [0.25, 0.3) is 11.5 Å². The molecule has 0 atom stereocenters. The topological polar surface area (TPSA) is 35.3 Å². The molecule has 27 heavy (non-hydrogen) atoms. The molecule has 0 fully saturated rings. The Morgan fingerprint density at radius 3 is 2.56 bits per heavy atom. The molecule has 2 aromatic carbocycles. The maximum absolute atomic E-state index is 6.02. The van der Waals surface area contributed by atoms with Crippen molar-refractivity contribution >= 4 is 0 Å². The van der Waals surface area contributed by atoms with Crippen LogP contribution in [0.15, 0.2) is 46.9 Å². The summed E-state index contributed by atoms with van der Waals surface area (Å²) in [7, 11) is 0. The van der Waals surface area contributed by atoms with E-state index in [1.807, 2.05) is 0 Å². The second-order valence-corrected chi connectivity index (χ2v) is 7.18. The molecule has 0 radical (unpaired) electrons. The first-order chi connectivity index (χ1) is 13.3. The molecule has 1 aliphatic rings. The number of aromatic nitrogens is 1. The van der Waals surface area contributed by atoms with E-state index in [0.717, 1.165) is 42.0 Å². The number of ether oxygens (including phenoxy) is 1. The van der Waals surface area contributed by atoms with Crippen molar-refractivity contribution in [3.05, 3.63) is 70.6 Å². The number of hydrogen-bond donors (Lipinski definition) is 0. The molecular weight excluding hydrogens is 334 g/mol.